The Morgan fingerprint density at radius 3 is 2.41 bits per heavy atom. The zero-order chi connectivity index (χ0) is 19.8. The van der Waals surface area contributed by atoms with Gasteiger partial charge in [-0.2, -0.15) is 0 Å². The predicted octanol–water partition coefficient (Wildman–Crippen LogP) is 1.72. The van der Waals surface area contributed by atoms with E-state index in [1.807, 2.05) is 12.1 Å². The number of fused-ring (bicyclic) bond motifs is 1. The summed E-state index contributed by atoms with van der Waals surface area (Å²) in [6.45, 7) is 5.82. The lowest BCUT2D eigenvalue weighted by molar-refractivity contribution is -0.139. The van der Waals surface area contributed by atoms with E-state index in [0.29, 0.717) is 23.4 Å². The molecule has 3 N–H and O–H groups in total. The van der Waals surface area contributed by atoms with E-state index in [9.17, 15) is 14.7 Å². The molecule has 0 radical (unpaired) electrons. The van der Waals surface area contributed by atoms with Gasteiger partial charge in [-0.25, -0.2) is 19.6 Å². The van der Waals surface area contributed by atoms with Gasteiger partial charge in [0.2, 0.25) is 0 Å². The van der Waals surface area contributed by atoms with Crippen LogP contribution in [0, 0.1) is 0 Å². The molecule has 1 aromatic carbocycles. The molecule has 3 rings (SSSR count). The maximum absolute atomic E-state index is 12.3. The molecular weight excluding hydrogens is 350 g/mol. The van der Waals surface area contributed by atoms with E-state index in [4.69, 9.17) is 10.5 Å². The number of para-hydroxylation sites is 2. The predicted molar refractivity (Wildman–Crippen MR) is 101 cm³/mol. The number of ether oxygens (including phenoxy) is 1. The average Bonchev–Trinajstić information content (AvgIpc) is 2.59. The van der Waals surface area contributed by atoms with Gasteiger partial charge in [0.25, 0.3) is 0 Å². The van der Waals surface area contributed by atoms with E-state index in [-0.39, 0.29) is 18.9 Å². The Morgan fingerprint density at radius 1 is 1.19 bits per heavy atom. The molecule has 1 amide bonds. The van der Waals surface area contributed by atoms with Gasteiger partial charge in [0.1, 0.15) is 11.6 Å². The van der Waals surface area contributed by atoms with Gasteiger partial charge in [-0.15, -0.1) is 0 Å². The number of carbonyl (C=O) groups is 2. The summed E-state index contributed by atoms with van der Waals surface area (Å²) in [6.07, 6.45) is -0.536. The van der Waals surface area contributed by atoms with Crippen LogP contribution in [0.1, 0.15) is 20.8 Å². The SMILES string of the molecule is CC(C)(C)OC(=O)N1CCN(c2nc3ccccc3nc2N)[C@H](C(=O)O)C1. The Morgan fingerprint density at radius 2 is 1.81 bits per heavy atom. The van der Waals surface area contributed by atoms with Crippen LogP contribution in [0.4, 0.5) is 16.4 Å². The lowest BCUT2D eigenvalue weighted by atomic mass is 10.1. The molecule has 0 unspecified atom stereocenters. The number of aromatic nitrogens is 2. The summed E-state index contributed by atoms with van der Waals surface area (Å²) in [5.74, 6) is -0.603. The molecule has 2 heterocycles. The molecule has 1 fully saturated rings. The van der Waals surface area contributed by atoms with Crippen LogP contribution >= 0.6 is 0 Å². The summed E-state index contributed by atoms with van der Waals surface area (Å²) >= 11 is 0. The number of nitrogens with zero attached hydrogens (tertiary/aromatic N) is 4. The third-order valence-electron chi connectivity index (χ3n) is 4.17. The van der Waals surface area contributed by atoms with Crippen molar-refractivity contribution in [3.63, 3.8) is 0 Å². The monoisotopic (exact) mass is 373 g/mol. The van der Waals surface area contributed by atoms with Gasteiger partial charge >= 0.3 is 12.1 Å². The largest absolute Gasteiger partial charge is 0.480 e. The summed E-state index contributed by atoms with van der Waals surface area (Å²) in [7, 11) is 0. The third kappa shape index (κ3) is 4.02. The number of carboxylic acid groups (broad SMARTS) is 1. The lowest BCUT2D eigenvalue weighted by Crippen LogP contribution is -2.58. The van der Waals surface area contributed by atoms with Crippen LogP contribution in [-0.4, -0.2) is 63.3 Å². The number of nitrogen functional groups attached to an aromatic ring is 1. The van der Waals surface area contributed by atoms with Gasteiger partial charge < -0.3 is 25.4 Å². The zero-order valence-electron chi connectivity index (χ0n) is 15.5. The van der Waals surface area contributed by atoms with Gasteiger partial charge in [0.15, 0.2) is 11.6 Å². The summed E-state index contributed by atoms with van der Waals surface area (Å²) < 4.78 is 5.35. The van der Waals surface area contributed by atoms with E-state index < -0.39 is 23.7 Å². The van der Waals surface area contributed by atoms with Crippen molar-refractivity contribution in [2.75, 3.05) is 30.3 Å². The molecule has 2 aromatic rings. The Bertz CT molecular complexity index is 880. The molecule has 0 spiro atoms. The first-order valence-electron chi connectivity index (χ1n) is 8.65. The smallest absolute Gasteiger partial charge is 0.410 e. The Balaban J connectivity index is 1.88. The molecule has 1 atom stereocenters. The number of carboxylic acids is 1. The topological polar surface area (TPSA) is 122 Å². The minimum Gasteiger partial charge on any atom is -0.480 e. The van der Waals surface area contributed by atoms with Crippen molar-refractivity contribution in [2.24, 2.45) is 0 Å². The van der Waals surface area contributed by atoms with Crippen LogP contribution in [0.2, 0.25) is 0 Å². The molecule has 1 aliphatic heterocycles. The van der Waals surface area contributed by atoms with E-state index in [0.717, 1.165) is 0 Å². The van der Waals surface area contributed by atoms with Crippen LogP contribution < -0.4 is 10.6 Å². The minimum atomic E-state index is -1.07. The van der Waals surface area contributed by atoms with E-state index in [1.54, 1.807) is 37.8 Å². The normalized spacial score (nSPS) is 17.8. The van der Waals surface area contributed by atoms with Crippen molar-refractivity contribution in [3.05, 3.63) is 24.3 Å². The van der Waals surface area contributed by atoms with Crippen molar-refractivity contribution < 1.29 is 19.4 Å². The third-order valence-corrected chi connectivity index (χ3v) is 4.17. The standard InChI is InChI=1S/C18H23N5O4/c1-18(2,3)27-17(26)22-8-9-23(13(10-22)16(24)25)15-14(19)20-11-6-4-5-7-12(11)21-15/h4-7,13H,8-10H2,1-3H3,(H2,19,20)(H,24,25)/t13-/m0/s1. The number of aliphatic carboxylic acids is 1. The second kappa shape index (κ2) is 6.90. The van der Waals surface area contributed by atoms with Gasteiger partial charge in [0, 0.05) is 13.1 Å². The first kappa shape index (κ1) is 18.7. The summed E-state index contributed by atoms with van der Waals surface area (Å²) in [4.78, 5) is 36.0. The number of anilines is 2. The van der Waals surface area contributed by atoms with Gasteiger partial charge in [-0.05, 0) is 32.9 Å². The molecule has 9 nitrogen and oxygen atoms in total. The molecule has 1 aliphatic rings. The maximum Gasteiger partial charge on any atom is 0.410 e. The highest BCUT2D eigenvalue weighted by Gasteiger charge is 2.37. The van der Waals surface area contributed by atoms with Crippen molar-refractivity contribution in [3.8, 4) is 0 Å². The number of carbonyl (C=O) groups excluding carboxylic acids is 1. The molecule has 0 aliphatic carbocycles. The number of hydrogen-bond acceptors (Lipinski definition) is 7. The molecular formula is C18H23N5O4. The van der Waals surface area contributed by atoms with E-state index >= 15 is 0 Å². The second-order valence-electron chi connectivity index (χ2n) is 7.39. The number of benzene rings is 1. The Labute approximate surface area is 156 Å². The molecule has 1 aromatic heterocycles. The van der Waals surface area contributed by atoms with Crippen LogP contribution in [0.5, 0.6) is 0 Å². The van der Waals surface area contributed by atoms with Crippen LogP contribution in [0.15, 0.2) is 24.3 Å². The number of nitrogens with two attached hydrogens (primary N) is 1. The number of amides is 1. The molecule has 9 heteroatoms. The number of hydrogen-bond donors (Lipinski definition) is 2. The van der Waals surface area contributed by atoms with Crippen LogP contribution in [0.25, 0.3) is 11.0 Å². The number of rotatable bonds is 2. The molecule has 0 saturated carbocycles. The van der Waals surface area contributed by atoms with Crippen LogP contribution in [0.3, 0.4) is 0 Å². The number of piperazine rings is 1. The fourth-order valence-corrected chi connectivity index (χ4v) is 2.96. The summed E-state index contributed by atoms with van der Waals surface area (Å²) in [5.41, 5.74) is 6.65. The highest BCUT2D eigenvalue weighted by Crippen LogP contribution is 2.27. The molecule has 1 saturated heterocycles. The van der Waals surface area contributed by atoms with E-state index in [2.05, 4.69) is 9.97 Å². The maximum atomic E-state index is 12.3. The quantitative estimate of drug-likeness (QED) is 0.816. The van der Waals surface area contributed by atoms with E-state index in [1.165, 1.54) is 4.90 Å². The minimum absolute atomic E-state index is 0.0296. The van der Waals surface area contributed by atoms with Gasteiger partial charge in [0.05, 0.1) is 17.6 Å². The van der Waals surface area contributed by atoms with Crippen molar-refractivity contribution in [2.45, 2.75) is 32.4 Å². The summed E-state index contributed by atoms with van der Waals surface area (Å²) in [5, 5.41) is 9.70. The highest BCUT2D eigenvalue weighted by atomic mass is 16.6. The fraction of sp³-hybridized carbons (Fsp3) is 0.444. The second-order valence-corrected chi connectivity index (χ2v) is 7.39. The van der Waals surface area contributed by atoms with Crippen molar-refractivity contribution in [1.29, 1.82) is 0 Å². The molecule has 27 heavy (non-hydrogen) atoms. The highest BCUT2D eigenvalue weighted by molar-refractivity contribution is 5.84. The van der Waals surface area contributed by atoms with Crippen molar-refractivity contribution >= 4 is 34.7 Å². The first-order valence-corrected chi connectivity index (χ1v) is 8.65. The van der Waals surface area contributed by atoms with Crippen LogP contribution in [-0.2, 0) is 9.53 Å². The molecule has 0 bridgehead atoms. The Hall–Kier alpha value is -3.10. The molecule has 144 valence electrons. The van der Waals surface area contributed by atoms with Crippen molar-refractivity contribution in [1.82, 2.24) is 14.9 Å². The Kier molecular flexibility index (Phi) is 4.77. The zero-order valence-corrected chi connectivity index (χ0v) is 15.5. The first-order chi connectivity index (χ1) is 12.7. The van der Waals surface area contributed by atoms with Gasteiger partial charge in [-0.3, -0.25) is 0 Å². The lowest BCUT2D eigenvalue weighted by Gasteiger charge is -2.40. The van der Waals surface area contributed by atoms with Gasteiger partial charge in [-0.1, -0.05) is 12.1 Å². The average molecular weight is 373 g/mol. The fourth-order valence-electron chi connectivity index (χ4n) is 2.96. The summed E-state index contributed by atoms with van der Waals surface area (Å²) in [6, 6.07) is 6.24.